The first-order chi connectivity index (χ1) is 12.2. The molecule has 0 aromatic rings. The SMILES string of the molecule is C=C(C)CO[SiH](CCC)OC(OC(C)OC)(OC(C)OC)OC(C)OC. The Morgan fingerprint density at radius 3 is 1.65 bits per heavy atom. The van der Waals surface area contributed by atoms with E-state index in [0.717, 1.165) is 18.0 Å². The second-order valence-corrected chi connectivity index (χ2v) is 7.87. The molecule has 0 saturated carbocycles. The van der Waals surface area contributed by atoms with E-state index in [0.29, 0.717) is 6.61 Å². The molecule has 0 spiro atoms. The summed E-state index contributed by atoms with van der Waals surface area (Å²) < 4.78 is 45.0. The molecule has 4 unspecified atom stereocenters. The van der Waals surface area contributed by atoms with Gasteiger partial charge < -0.3 is 23.1 Å². The zero-order chi connectivity index (χ0) is 20.2. The fraction of sp³-hybridized carbons (Fsp3) is 0.882. The highest BCUT2D eigenvalue weighted by atomic mass is 28.3. The fourth-order valence-corrected chi connectivity index (χ4v) is 3.51. The summed E-state index contributed by atoms with van der Waals surface area (Å²) >= 11 is 0. The Kier molecular flexibility index (Phi) is 13.6. The van der Waals surface area contributed by atoms with Gasteiger partial charge in [-0.3, -0.25) is 14.2 Å². The Labute approximate surface area is 159 Å². The minimum Gasteiger partial charge on any atom is -0.392 e. The van der Waals surface area contributed by atoms with Gasteiger partial charge in [0.25, 0.3) is 0 Å². The van der Waals surface area contributed by atoms with Crippen molar-refractivity contribution in [1.82, 2.24) is 0 Å². The van der Waals surface area contributed by atoms with Crippen molar-refractivity contribution in [3.8, 4) is 0 Å². The van der Waals surface area contributed by atoms with E-state index in [2.05, 4.69) is 6.58 Å². The van der Waals surface area contributed by atoms with Crippen molar-refractivity contribution in [2.45, 2.75) is 72.1 Å². The molecule has 0 aliphatic heterocycles. The summed E-state index contributed by atoms with van der Waals surface area (Å²) in [5, 5.41) is 0. The Morgan fingerprint density at radius 1 is 0.923 bits per heavy atom. The molecule has 0 saturated heterocycles. The number of hydrogen-bond acceptors (Lipinski definition) is 8. The van der Waals surface area contributed by atoms with E-state index in [-0.39, 0.29) is 0 Å². The molecule has 0 fully saturated rings. The van der Waals surface area contributed by atoms with Gasteiger partial charge >= 0.3 is 15.4 Å². The number of rotatable bonds is 16. The highest BCUT2D eigenvalue weighted by Crippen LogP contribution is 2.27. The van der Waals surface area contributed by atoms with Crippen molar-refractivity contribution in [3.63, 3.8) is 0 Å². The average molecular weight is 397 g/mol. The van der Waals surface area contributed by atoms with Gasteiger partial charge in [0, 0.05) is 21.3 Å². The number of ether oxygens (including phenoxy) is 6. The van der Waals surface area contributed by atoms with Gasteiger partial charge in [0.1, 0.15) is 0 Å². The summed E-state index contributed by atoms with van der Waals surface area (Å²) in [5.74, 6) is 0. The van der Waals surface area contributed by atoms with Crippen LogP contribution in [0.5, 0.6) is 0 Å². The van der Waals surface area contributed by atoms with E-state index in [1.807, 2.05) is 13.8 Å². The first-order valence-electron chi connectivity index (χ1n) is 8.77. The second kappa shape index (κ2) is 13.8. The largest absolute Gasteiger partial charge is 0.411 e. The van der Waals surface area contributed by atoms with Crippen LogP contribution in [0.15, 0.2) is 12.2 Å². The van der Waals surface area contributed by atoms with E-state index < -0.39 is 34.3 Å². The molecule has 0 rings (SSSR count). The minimum absolute atomic E-state index is 0.395. The predicted octanol–water partition coefficient (Wildman–Crippen LogP) is 2.86. The minimum atomic E-state index is -2.23. The Bertz CT molecular complexity index is 350. The van der Waals surface area contributed by atoms with Crippen LogP contribution < -0.4 is 0 Å². The molecular weight excluding hydrogens is 360 g/mol. The highest BCUT2D eigenvalue weighted by molar-refractivity contribution is 6.44. The lowest BCUT2D eigenvalue weighted by molar-refractivity contribution is -0.537. The van der Waals surface area contributed by atoms with Crippen LogP contribution >= 0.6 is 0 Å². The van der Waals surface area contributed by atoms with Gasteiger partial charge in [0.2, 0.25) is 0 Å². The molecule has 0 bridgehead atoms. The van der Waals surface area contributed by atoms with Crippen LogP contribution in [-0.4, -0.2) is 62.2 Å². The van der Waals surface area contributed by atoms with Crippen molar-refractivity contribution in [2.75, 3.05) is 27.9 Å². The smallest absolute Gasteiger partial charge is 0.392 e. The van der Waals surface area contributed by atoms with Crippen molar-refractivity contribution in [3.05, 3.63) is 12.2 Å². The first kappa shape index (κ1) is 25.6. The van der Waals surface area contributed by atoms with Gasteiger partial charge in [-0.15, -0.1) is 0 Å². The molecule has 0 radical (unpaired) electrons. The number of methoxy groups -OCH3 is 3. The second-order valence-electron chi connectivity index (χ2n) is 5.87. The molecular formula is C17H36O8Si. The average Bonchev–Trinajstić information content (AvgIpc) is 2.59. The molecule has 156 valence electrons. The van der Waals surface area contributed by atoms with Crippen molar-refractivity contribution in [1.29, 1.82) is 0 Å². The Morgan fingerprint density at radius 2 is 1.35 bits per heavy atom. The molecule has 0 aromatic heterocycles. The lowest BCUT2D eigenvalue weighted by Gasteiger charge is -2.38. The predicted molar refractivity (Wildman–Crippen MR) is 99.5 cm³/mol. The molecule has 0 N–H and O–H groups in total. The molecule has 0 amide bonds. The third-order valence-corrected chi connectivity index (χ3v) is 5.38. The number of hydrogen-bond donors (Lipinski definition) is 0. The van der Waals surface area contributed by atoms with Crippen molar-refractivity contribution >= 4 is 9.28 Å². The molecule has 0 aliphatic carbocycles. The highest BCUT2D eigenvalue weighted by Gasteiger charge is 2.44. The summed E-state index contributed by atoms with van der Waals surface area (Å²) in [7, 11) is 2.29. The lowest BCUT2D eigenvalue weighted by Crippen LogP contribution is -2.52. The molecule has 0 aromatic carbocycles. The summed E-state index contributed by atoms with van der Waals surface area (Å²) in [5.41, 5.74) is 0.899. The van der Waals surface area contributed by atoms with E-state index in [4.69, 9.17) is 37.3 Å². The summed E-state index contributed by atoms with van der Waals surface area (Å²) in [6.07, 6.45) is -3.01. The topological polar surface area (TPSA) is 73.8 Å². The fourth-order valence-electron chi connectivity index (χ4n) is 1.73. The standard InChI is InChI=1S/C17H36O8Si/c1-10-11-26(21-12-13(2)3)25-17(22-14(4)18-7,23-15(5)19-8)24-16(6)20-9/h14-16,26H,2,10-12H2,1,3-9H3. The van der Waals surface area contributed by atoms with Crippen LogP contribution in [0.25, 0.3) is 0 Å². The zero-order valence-corrected chi connectivity index (χ0v) is 18.6. The van der Waals surface area contributed by atoms with Gasteiger partial charge in [0.15, 0.2) is 18.9 Å². The molecule has 8 nitrogen and oxygen atoms in total. The third-order valence-electron chi connectivity index (χ3n) is 3.24. The van der Waals surface area contributed by atoms with Crippen LogP contribution in [0.4, 0.5) is 0 Å². The Hall–Kier alpha value is -0.363. The maximum Gasteiger partial charge on any atom is 0.411 e. The summed E-state index contributed by atoms with van der Waals surface area (Å²) in [6, 6.07) is 0.731. The zero-order valence-electron chi connectivity index (χ0n) is 17.4. The molecule has 9 heteroatoms. The lowest BCUT2D eigenvalue weighted by atomic mass is 10.4. The van der Waals surface area contributed by atoms with Crippen molar-refractivity contribution < 1.29 is 37.3 Å². The van der Waals surface area contributed by atoms with Crippen LogP contribution in [0.2, 0.25) is 6.04 Å². The van der Waals surface area contributed by atoms with Gasteiger partial charge in [-0.25, -0.2) is 0 Å². The van der Waals surface area contributed by atoms with E-state index in [1.54, 1.807) is 20.8 Å². The van der Waals surface area contributed by atoms with Crippen LogP contribution in [-0.2, 0) is 37.3 Å². The molecule has 26 heavy (non-hydrogen) atoms. The van der Waals surface area contributed by atoms with Gasteiger partial charge in [-0.2, -0.15) is 0 Å². The van der Waals surface area contributed by atoms with E-state index >= 15 is 0 Å². The molecule has 0 heterocycles. The quantitative estimate of drug-likeness (QED) is 0.224. The third kappa shape index (κ3) is 10.7. The van der Waals surface area contributed by atoms with Crippen LogP contribution in [0, 0.1) is 0 Å². The van der Waals surface area contributed by atoms with Gasteiger partial charge in [0.05, 0.1) is 6.61 Å². The van der Waals surface area contributed by atoms with Gasteiger partial charge in [-0.05, 0) is 33.7 Å². The summed E-state index contributed by atoms with van der Waals surface area (Å²) in [4.78, 5) is 0. The normalized spacial score (nSPS) is 18.8. The van der Waals surface area contributed by atoms with Crippen molar-refractivity contribution in [2.24, 2.45) is 0 Å². The monoisotopic (exact) mass is 396 g/mol. The maximum atomic E-state index is 6.12. The summed E-state index contributed by atoms with van der Waals surface area (Å²) in [6.45, 7) is 13.3. The van der Waals surface area contributed by atoms with Crippen LogP contribution in [0.1, 0.15) is 41.0 Å². The Balaban J connectivity index is 5.56. The van der Waals surface area contributed by atoms with E-state index in [9.17, 15) is 0 Å². The van der Waals surface area contributed by atoms with Gasteiger partial charge in [-0.1, -0.05) is 25.5 Å². The maximum absolute atomic E-state index is 6.12. The molecule has 4 atom stereocenters. The van der Waals surface area contributed by atoms with Crippen LogP contribution in [0.3, 0.4) is 0 Å². The molecule has 0 aliphatic rings. The first-order valence-corrected chi connectivity index (χ1v) is 10.5. The van der Waals surface area contributed by atoms with E-state index in [1.165, 1.54) is 21.3 Å².